The van der Waals surface area contributed by atoms with E-state index in [1.54, 1.807) is 0 Å². The van der Waals surface area contributed by atoms with Crippen molar-refractivity contribution in [2.75, 3.05) is 31.1 Å². The van der Waals surface area contributed by atoms with Crippen LogP contribution >= 0.6 is 23.2 Å². The van der Waals surface area contributed by atoms with Crippen LogP contribution in [0.1, 0.15) is 35.6 Å². The maximum Gasteiger partial charge on any atom is 0.306 e. The molecular formula is C22H25Cl2N3O2. The number of carbonyl (C=O) groups is 1. The molecule has 4 rings (SSSR count). The molecule has 3 heterocycles. The number of halogens is 2. The Morgan fingerprint density at radius 1 is 1.21 bits per heavy atom. The summed E-state index contributed by atoms with van der Waals surface area (Å²) in [5.74, 6) is -0.484. The second-order valence-electron chi connectivity index (χ2n) is 8.10. The molecule has 1 aromatic heterocycles. The van der Waals surface area contributed by atoms with Crippen LogP contribution in [0.2, 0.25) is 10.0 Å². The van der Waals surface area contributed by atoms with E-state index in [4.69, 9.17) is 33.3 Å². The van der Waals surface area contributed by atoms with Crippen molar-refractivity contribution in [3.05, 3.63) is 57.3 Å². The minimum Gasteiger partial charge on any atom is -0.481 e. The lowest BCUT2D eigenvalue weighted by molar-refractivity contribution is -0.143. The van der Waals surface area contributed by atoms with Crippen molar-refractivity contribution in [1.82, 2.24) is 9.88 Å². The molecule has 0 saturated carbocycles. The van der Waals surface area contributed by atoms with Crippen LogP contribution in [0.3, 0.4) is 0 Å². The lowest BCUT2D eigenvalue weighted by Crippen LogP contribution is -2.45. The number of piperidine rings is 1. The van der Waals surface area contributed by atoms with E-state index in [-0.39, 0.29) is 5.92 Å². The molecule has 0 aliphatic carbocycles. The molecule has 0 bridgehead atoms. The number of para-hydroxylation sites is 1. The van der Waals surface area contributed by atoms with Gasteiger partial charge in [0.15, 0.2) is 0 Å². The van der Waals surface area contributed by atoms with Gasteiger partial charge in [-0.1, -0.05) is 29.3 Å². The lowest BCUT2D eigenvalue weighted by Gasteiger charge is -2.41. The summed E-state index contributed by atoms with van der Waals surface area (Å²) in [6.07, 6.45) is 3.43. The quantitative estimate of drug-likeness (QED) is 0.746. The Balaban J connectivity index is 1.36. The van der Waals surface area contributed by atoms with Crippen molar-refractivity contribution < 1.29 is 9.90 Å². The van der Waals surface area contributed by atoms with E-state index >= 15 is 0 Å². The predicted molar refractivity (Wildman–Crippen MR) is 116 cm³/mol. The number of aromatic nitrogens is 1. The summed E-state index contributed by atoms with van der Waals surface area (Å²) in [7, 11) is 0. The van der Waals surface area contributed by atoms with Gasteiger partial charge in [-0.3, -0.25) is 14.7 Å². The van der Waals surface area contributed by atoms with Crippen molar-refractivity contribution in [1.29, 1.82) is 0 Å². The number of hydrogen-bond acceptors (Lipinski definition) is 4. The average molecular weight is 434 g/mol. The van der Waals surface area contributed by atoms with Crippen molar-refractivity contribution in [2.24, 2.45) is 5.92 Å². The van der Waals surface area contributed by atoms with E-state index in [0.717, 1.165) is 56.9 Å². The summed E-state index contributed by atoms with van der Waals surface area (Å²) >= 11 is 12.6. The highest BCUT2D eigenvalue weighted by atomic mass is 35.5. The van der Waals surface area contributed by atoms with Crippen LogP contribution in [0.25, 0.3) is 0 Å². The zero-order chi connectivity index (χ0) is 20.5. The number of rotatable bonds is 5. The Bertz CT molecular complexity index is 887. The standard InChI is InChI=1S/C22H25Cl2N3O2/c1-14-9-20(17-12-27(13-17)21-18(23)3-2-4-19(21)24)25-10-16(14)11-26-7-5-15(6-8-26)22(28)29/h2-4,9-10,15,17H,5-8,11-13H2,1H3,(H,28,29). The zero-order valence-corrected chi connectivity index (χ0v) is 18.0. The molecule has 5 nitrogen and oxygen atoms in total. The van der Waals surface area contributed by atoms with Gasteiger partial charge >= 0.3 is 5.97 Å². The first-order valence-corrected chi connectivity index (χ1v) is 10.8. The van der Waals surface area contributed by atoms with Crippen molar-refractivity contribution in [2.45, 2.75) is 32.2 Å². The first-order chi connectivity index (χ1) is 13.9. The number of likely N-dealkylation sites (tertiary alicyclic amines) is 1. The lowest BCUT2D eigenvalue weighted by atomic mass is 9.93. The van der Waals surface area contributed by atoms with Crippen LogP contribution in [-0.2, 0) is 11.3 Å². The minimum absolute atomic E-state index is 0.193. The number of nitrogens with zero attached hydrogens (tertiary/aromatic N) is 3. The Kier molecular flexibility index (Phi) is 6.00. The first-order valence-electron chi connectivity index (χ1n) is 10.0. The van der Waals surface area contributed by atoms with E-state index in [1.165, 1.54) is 11.1 Å². The van der Waals surface area contributed by atoms with Gasteiger partial charge in [0, 0.05) is 37.4 Å². The molecule has 0 atom stereocenters. The second kappa shape index (κ2) is 8.50. The third-order valence-electron chi connectivity index (χ3n) is 6.12. The monoisotopic (exact) mass is 433 g/mol. The Morgan fingerprint density at radius 2 is 1.86 bits per heavy atom. The van der Waals surface area contributed by atoms with Gasteiger partial charge in [0.05, 0.1) is 21.7 Å². The number of aryl methyl sites for hydroxylation is 1. The molecular weight excluding hydrogens is 409 g/mol. The van der Waals surface area contributed by atoms with E-state index in [0.29, 0.717) is 16.0 Å². The smallest absolute Gasteiger partial charge is 0.306 e. The van der Waals surface area contributed by atoms with Gasteiger partial charge in [-0.05, 0) is 62.2 Å². The predicted octanol–water partition coefficient (Wildman–Crippen LogP) is 4.60. The number of carboxylic acids is 1. The molecule has 0 unspecified atom stereocenters. The van der Waals surface area contributed by atoms with Gasteiger partial charge in [-0.2, -0.15) is 0 Å². The third kappa shape index (κ3) is 4.37. The van der Waals surface area contributed by atoms with Crippen LogP contribution in [0.15, 0.2) is 30.5 Å². The number of hydrogen-bond donors (Lipinski definition) is 1. The summed E-state index contributed by atoms with van der Waals surface area (Å²) in [5, 5.41) is 10.5. The third-order valence-corrected chi connectivity index (χ3v) is 6.73. The minimum atomic E-state index is -0.667. The van der Waals surface area contributed by atoms with Crippen LogP contribution < -0.4 is 4.90 Å². The summed E-state index contributed by atoms with van der Waals surface area (Å²) in [6.45, 7) is 6.34. The Morgan fingerprint density at radius 3 is 2.45 bits per heavy atom. The number of aliphatic carboxylic acids is 1. The van der Waals surface area contributed by atoms with E-state index in [1.807, 2.05) is 24.4 Å². The molecule has 0 amide bonds. The van der Waals surface area contributed by atoms with Gasteiger partial charge in [0.1, 0.15) is 0 Å². The first kappa shape index (κ1) is 20.5. The van der Waals surface area contributed by atoms with E-state index in [9.17, 15) is 4.79 Å². The van der Waals surface area contributed by atoms with E-state index in [2.05, 4.69) is 22.8 Å². The normalized spacial score (nSPS) is 18.7. The second-order valence-corrected chi connectivity index (χ2v) is 8.91. The average Bonchev–Trinajstić information content (AvgIpc) is 2.65. The molecule has 1 aromatic carbocycles. The highest BCUT2D eigenvalue weighted by molar-refractivity contribution is 6.39. The van der Waals surface area contributed by atoms with Gasteiger partial charge < -0.3 is 10.0 Å². The maximum absolute atomic E-state index is 11.1. The zero-order valence-electron chi connectivity index (χ0n) is 16.4. The van der Waals surface area contributed by atoms with Crippen LogP contribution in [-0.4, -0.2) is 47.1 Å². The van der Waals surface area contributed by atoms with E-state index < -0.39 is 5.97 Å². The molecule has 2 aliphatic rings. The SMILES string of the molecule is Cc1cc(C2CN(c3c(Cl)cccc3Cl)C2)ncc1CN1CCC(C(=O)O)CC1. The summed E-state index contributed by atoms with van der Waals surface area (Å²) in [4.78, 5) is 20.4. The summed E-state index contributed by atoms with van der Waals surface area (Å²) < 4.78 is 0. The van der Waals surface area contributed by atoms with Crippen molar-refractivity contribution >= 4 is 34.9 Å². The van der Waals surface area contributed by atoms with Gasteiger partial charge in [0.2, 0.25) is 0 Å². The molecule has 2 aliphatic heterocycles. The maximum atomic E-state index is 11.1. The fraction of sp³-hybridized carbons (Fsp3) is 0.455. The molecule has 2 aromatic rings. The summed E-state index contributed by atoms with van der Waals surface area (Å²) in [6, 6.07) is 7.79. The number of benzene rings is 1. The number of anilines is 1. The molecule has 2 saturated heterocycles. The molecule has 2 fully saturated rings. The highest BCUT2D eigenvalue weighted by Crippen LogP contribution is 2.39. The molecule has 0 spiro atoms. The molecule has 0 radical (unpaired) electrons. The fourth-order valence-corrected chi connectivity index (χ4v) is 4.85. The topological polar surface area (TPSA) is 56.7 Å². The molecule has 1 N–H and O–H groups in total. The Hall–Kier alpha value is -1.82. The van der Waals surface area contributed by atoms with Gasteiger partial charge in [-0.25, -0.2) is 0 Å². The fourth-order valence-electron chi connectivity index (χ4n) is 4.21. The van der Waals surface area contributed by atoms with Crippen LogP contribution in [0.5, 0.6) is 0 Å². The number of carboxylic acid groups (broad SMARTS) is 1. The van der Waals surface area contributed by atoms with Crippen LogP contribution in [0.4, 0.5) is 5.69 Å². The van der Waals surface area contributed by atoms with Crippen molar-refractivity contribution in [3.63, 3.8) is 0 Å². The molecule has 154 valence electrons. The highest BCUT2D eigenvalue weighted by Gasteiger charge is 2.32. The number of pyridine rings is 1. The van der Waals surface area contributed by atoms with Gasteiger partial charge in [-0.15, -0.1) is 0 Å². The Labute approximate surface area is 181 Å². The van der Waals surface area contributed by atoms with Gasteiger partial charge in [0.25, 0.3) is 0 Å². The summed E-state index contributed by atoms with van der Waals surface area (Å²) in [5.41, 5.74) is 4.47. The van der Waals surface area contributed by atoms with Crippen molar-refractivity contribution in [3.8, 4) is 0 Å². The molecule has 29 heavy (non-hydrogen) atoms. The van der Waals surface area contributed by atoms with Crippen LogP contribution in [0, 0.1) is 12.8 Å². The molecule has 7 heteroatoms. The largest absolute Gasteiger partial charge is 0.481 e.